The van der Waals surface area contributed by atoms with E-state index in [0.29, 0.717) is 5.57 Å². The summed E-state index contributed by atoms with van der Waals surface area (Å²) in [7, 11) is 0. The van der Waals surface area contributed by atoms with Crippen LogP contribution in [0.1, 0.15) is 6.92 Å². The van der Waals surface area contributed by atoms with Gasteiger partial charge in [-0.25, -0.2) is 0 Å². The molecule has 0 N–H and O–H groups in total. The van der Waals surface area contributed by atoms with E-state index in [4.69, 9.17) is 0 Å². The number of nitro groups is 1. The van der Waals surface area contributed by atoms with Crippen molar-refractivity contribution in [1.82, 2.24) is 0 Å². The summed E-state index contributed by atoms with van der Waals surface area (Å²) in [5, 5.41) is 10.3. The molecular formula is C9H11NO2. The predicted molar refractivity (Wildman–Crippen MR) is 49.2 cm³/mol. The summed E-state index contributed by atoms with van der Waals surface area (Å²) in [6.45, 7) is 8.59. The van der Waals surface area contributed by atoms with Gasteiger partial charge in [0, 0.05) is 6.08 Å². The molecule has 0 aromatic rings. The SMILES string of the molecule is C=CC(C=C)=C/C(=C\C)[N+](=O)[O-]. The van der Waals surface area contributed by atoms with Gasteiger partial charge in [0.15, 0.2) is 0 Å². The van der Waals surface area contributed by atoms with E-state index in [1.165, 1.54) is 24.3 Å². The molecule has 0 atom stereocenters. The summed E-state index contributed by atoms with van der Waals surface area (Å²) in [6, 6.07) is 0. The summed E-state index contributed by atoms with van der Waals surface area (Å²) in [5.41, 5.74) is 0.685. The van der Waals surface area contributed by atoms with Gasteiger partial charge in [0.05, 0.1) is 4.92 Å². The largest absolute Gasteiger partial charge is 0.265 e. The van der Waals surface area contributed by atoms with Gasteiger partial charge < -0.3 is 0 Å². The van der Waals surface area contributed by atoms with Crippen LogP contribution >= 0.6 is 0 Å². The number of hydrogen-bond donors (Lipinski definition) is 0. The second kappa shape index (κ2) is 5.07. The maximum absolute atomic E-state index is 10.3. The molecule has 0 aliphatic carbocycles. The molecule has 0 unspecified atom stereocenters. The van der Waals surface area contributed by atoms with Crippen LogP contribution in [-0.2, 0) is 0 Å². The van der Waals surface area contributed by atoms with Gasteiger partial charge in [0.2, 0.25) is 0 Å². The van der Waals surface area contributed by atoms with Gasteiger partial charge in [-0.3, -0.25) is 10.1 Å². The van der Waals surface area contributed by atoms with Gasteiger partial charge in [-0.2, -0.15) is 0 Å². The van der Waals surface area contributed by atoms with Crippen molar-refractivity contribution in [3.8, 4) is 0 Å². The normalized spacial score (nSPS) is 10.2. The summed E-state index contributed by atoms with van der Waals surface area (Å²) in [4.78, 5) is 9.87. The number of allylic oxidation sites excluding steroid dienone is 5. The van der Waals surface area contributed by atoms with Crippen LogP contribution in [0.5, 0.6) is 0 Å². The predicted octanol–water partition coefficient (Wildman–Crippen LogP) is 2.47. The third kappa shape index (κ3) is 2.96. The Bertz CT molecular complexity index is 252. The Kier molecular flexibility index (Phi) is 4.38. The smallest absolute Gasteiger partial charge is 0.258 e. The highest BCUT2D eigenvalue weighted by Crippen LogP contribution is 2.04. The third-order valence-electron chi connectivity index (χ3n) is 1.29. The van der Waals surface area contributed by atoms with Crippen molar-refractivity contribution < 1.29 is 4.92 Å². The number of hydrogen-bond acceptors (Lipinski definition) is 2. The van der Waals surface area contributed by atoms with E-state index in [1.807, 2.05) is 0 Å². The molecule has 0 heterocycles. The molecular weight excluding hydrogens is 154 g/mol. The van der Waals surface area contributed by atoms with Crippen LogP contribution in [0.3, 0.4) is 0 Å². The van der Waals surface area contributed by atoms with Crippen molar-refractivity contribution >= 4 is 0 Å². The van der Waals surface area contributed by atoms with Crippen LogP contribution in [0.15, 0.2) is 48.7 Å². The molecule has 12 heavy (non-hydrogen) atoms. The van der Waals surface area contributed by atoms with Gasteiger partial charge >= 0.3 is 0 Å². The Balaban J connectivity index is 4.80. The molecule has 0 saturated carbocycles. The number of rotatable bonds is 4. The van der Waals surface area contributed by atoms with E-state index in [-0.39, 0.29) is 5.70 Å². The lowest BCUT2D eigenvalue weighted by Crippen LogP contribution is -1.95. The molecule has 0 fully saturated rings. The summed E-state index contributed by atoms with van der Waals surface area (Å²) in [6.07, 6.45) is 5.87. The zero-order valence-corrected chi connectivity index (χ0v) is 6.99. The molecule has 0 spiro atoms. The summed E-state index contributed by atoms with van der Waals surface area (Å²) >= 11 is 0. The lowest BCUT2D eigenvalue weighted by atomic mass is 10.2. The van der Waals surface area contributed by atoms with Crippen molar-refractivity contribution in [3.63, 3.8) is 0 Å². The first-order valence-corrected chi connectivity index (χ1v) is 3.43. The van der Waals surface area contributed by atoms with E-state index in [1.54, 1.807) is 6.92 Å². The van der Waals surface area contributed by atoms with Crippen molar-refractivity contribution in [3.05, 3.63) is 58.8 Å². The first-order chi connectivity index (χ1) is 5.65. The van der Waals surface area contributed by atoms with Gasteiger partial charge in [0.25, 0.3) is 5.70 Å². The molecule has 0 saturated heterocycles. The standard InChI is InChI=1S/C9H11NO2/c1-4-8(5-2)7-9(6-3)10(11)12/h4-7H,1-2H2,3H3/b9-6+. The summed E-state index contributed by atoms with van der Waals surface area (Å²) < 4.78 is 0. The fourth-order valence-corrected chi connectivity index (χ4v) is 0.613. The Morgan fingerprint density at radius 2 is 1.92 bits per heavy atom. The van der Waals surface area contributed by atoms with Crippen LogP contribution < -0.4 is 0 Å². The highest BCUT2D eigenvalue weighted by molar-refractivity contribution is 5.33. The quantitative estimate of drug-likeness (QED) is 0.365. The van der Waals surface area contributed by atoms with Crippen molar-refractivity contribution in [2.75, 3.05) is 0 Å². The minimum Gasteiger partial charge on any atom is -0.258 e. The maximum atomic E-state index is 10.3. The fourth-order valence-electron chi connectivity index (χ4n) is 0.613. The molecule has 0 aliphatic rings. The Morgan fingerprint density at radius 3 is 2.17 bits per heavy atom. The lowest BCUT2D eigenvalue weighted by Gasteiger charge is -1.91. The van der Waals surface area contributed by atoms with E-state index in [9.17, 15) is 10.1 Å². The highest BCUT2D eigenvalue weighted by Gasteiger charge is 2.03. The average Bonchev–Trinajstić information content (AvgIpc) is 2.06. The van der Waals surface area contributed by atoms with Crippen LogP contribution in [0.25, 0.3) is 0 Å². The molecule has 0 rings (SSSR count). The molecule has 3 nitrogen and oxygen atoms in total. The van der Waals surface area contributed by atoms with Crippen molar-refractivity contribution in [2.24, 2.45) is 0 Å². The van der Waals surface area contributed by atoms with Gasteiger partial charge in [0.1, 0.15) is 0 Å². The minimum atomic E-state index is -0.451. The molecule has 0 amide bonds. The number of nitrogens with zero attached hydrogens (tertiary/aromatic N) is 1. The molecule has 0 radical (unpaired) electrons. The van der Waals surface area contributed by atoms with Gasteiger partial charge in [-0.1, -0.05) is 25.3 Å². The van der Waals surface area contributed by atoms with Crippen LogP contribution in [0.4, 0.5) is 0 Å². The Hall–Kier alpha value is -1.64. The summed E-state index contributed by atoms with van der Waals surface area (Å²) in [5.74, 6) is 0. The third-order valence-corrected chi connectivity index (χ3v) is 1.29. The maximum Gasteiger partial charge on any atom is 0.265 e. The van der Waals surface area contributed by atoms with Gasteiger partial charge in [-0.15, -0.1) is 0 Å². The zero-order valence-electron chi connectivity index (χ0n) is 6.99. The molecule has 0 aliphatic heterocycles. The molecule has 0 aromatic heterocycles. The monoisotopic (exact) mass is 165 g/mol. The lowest BCUT2D eigenvalue weighted by molar-refractivity contribution is -0.419. The zero-order chi connectivity index (χ0) is 9.56. The van der Waals surface area contributed by atoms with E-state index in [0.717, 1.165) is 0 Å². The second-order valence-corrected chi connectivity index (χ2v) is 2.02. The molecule has 0 aromatic carbocycles. The highest BCUT2D eigenvalue weighted by atomic mass is 16.6. The van der Waals surface area contributed by atoms with E-state index in [2.05, 4.69) is 13.2 Å². The molecule has 64 valence electrons. The van der Waals surface area contributed by atoms with Crippen molar-refractivity contribution in [2.45, 2.75) is 6.92 Å². The average molecular weight is 165 g/mol. The van der Waals surface area contributed by atoms with Crippen LogP contribution in [-0.4, -0.2) is 4.92 Å². The minimum absolute atomic E-state index is 0.0461. The Labute approximate surface area is 71.6 Å². The van der Waals surface area contributed by atoms with Crippen molar-refractivity contribution in [1.29, 1.82) is 0 Å². The van der Waals surface area contributed by atoms with E-state index >= 15 is 0 Å². The Morgan fingerprint density at radius 1 is 1.42 bits per heavy atom. The van der Waals surface area contributed by atoms with Crippen LogP contribution in [0, 0.1) is 10.1 Å². The van der Waals surface area contributed by atoms with Gasteiger partial charge in [-0.05, 0) is 18.6 Å². The first-order valence-electron chi connectivity index (χ1n) is 3.43. The second-order valence-electron chi connectivity index (χ2n) is 2.02. The topological polar surface area (TPSA) is 43.1 Å². The van der Waals surface area contributed by atoms with E-state index < -0.39 is 4.92 Å². The molecule has 3 heteroatoms. The fraction of sp³-hybridized carbons (Fsp3) is 0.111. The first kappa shape index (κ1) is 10.4. The molecule has 0 bridgehead atoms. The van der Waals surface area contributed by atoms with Crippen LogP contribution in [0.2, 0.25) is 0 Å².